The molecule has 1 aromatic heterocycles. The third-order valence-electron chi connectivity index (χ3n) is 5.91. The van der Waals surface area contributed by atoms with Crippen LogP contribution in [0.3, 0.4) is 0 Å². The van der Waals surface area contributed by atoms with Gasteiger partial charge in [0.05, 0.1) is 5.92 Å². The molecule has 0 N–H and O–H groups in total. The maximum atomic E-state index is 14.1. The van der Waals surface area contributed by atoms with Crippen LogP contribution in [0.2, 0.25) is 0 Å². The van der Waals surface area contributed by atoms with Gasteiger partial charge in [-0.25, -0.2) is 4.98 Å². The van der Waals surface area contributed by atoms with Gasteiger partial charge in [0.15, 0.2) is 5.82 Å². The molecule has 0 saturated heterocycles. The molecule has 0 unspecified atom stereocenters. The lowest BCUT2D eigenvalue weighted by molar-refractivity contribution is 0.0950. The molecular weight excluding hydrogens is 418 g/mol. The molecule has 0 saturated carbocycles. The van der Waals surface area contributed by atoms with Crippen molar-refractivity contribution in [2.45, 2.75) is 5.92 Å². The minimum atomic E-state index is -0.411. The van der Waals surface area contributed by atoms with Crippen LogP contribution in [0.4, 0.5) is 11.4 Å². The number of Topliss-reactive ketones (excluding diaryl/α,β-unsaturated/α-hetero) is 1. The fourth-order valence-electron chi connectivity index (χ4n) is 4.22. The van der Waals surface area contributed by atoms with Crippen LogP contribution in [0.1, 0.15) is 22.1 Å². The zero-order valence-electron chi connectivity index (χ0n) is 18.7. The van der Waals surface area contributed by atoms with Crippen LogP contribution in [-0.2, 0) is 0 Å². The highest BCUT2D eigenvalue weighted by Crippen LogP contribution is 2.31. The number of anilines is 2. The number of hydrogen-bond donors (Lipinski definition) is 0. The van der Waals surface area contributed by atoms with E-state index < -0.39 is 5.92 Å². The van der Waals surface area contributed by atoms with Gasteiger partial charge in [-0.05, 0) is 42.0 Å². The van der Waals surface area contributed by atoms with Crippen LogP contribution in [0.15, 0.2) is 134 Å². The van der Waals surface area contributed by atoms with Gasteiger partial charge in [-0.15, -0.1) is 0 Å². The number of rotatable bonds is 8. The Balaban J connectivity index is 1.58. The quantitative estimate of drug-likeness (QED) is 0.251. The van der Waals surface area contributed by atoms with Crippen LogP contribution >= 0.6 is 0 Å². The highest BCUT2D eigenvalue weighted by atomic mass is 16.1. The third-order valence-corrected chi connectivity index (χ3v) is 5.91. The van der Waals surface area contributed by atoms with E-state index in [1.165, 1.54) is 0 Å². The van der Waals surface area contributed by atoms with Gasteiger partial charge < -0.3 is 4.90 Å². The minimum absolute atomic E-state index is 0.0167. The van der Waals surface area contributed by atoms with Gasteiger partial charge in [-0.1, -0.05) is 84.9 Å². The Morgan fingerprint density at radius 1 is 0.706 bits per heavy atom. The second-order valence-corrected chi connectivity index (χ2v) is 8.07. The van der Waals surface area contributed by atoms with Crippen LogP contribution in [0, 0.1) is 0 Å². The molecule has 5 rings (SSSR count). The first-order valence-electron chi connectivity index (χ1n) is 11.4. The lowest BCUT2D eigenvalue weighted by atomic mass is 9.92. The van der Waals surface area contributed by atoms with Crippen LogP contribution < -0.4 is 4.90 Å². The van der Waals surface area contributed by atoms with Crippen molar-refractivity contribution < 1.29 is 4.79 Å². The van der Waals surface area contributed by atoms with Crippen LogP contribution in [0.25, 0.3) is 5.69 Å². The monoisotopic (exact) mass is 443 g/mol. The van der Waals surface area contributed by atoms with Gasteiger partial charge in [0, 0.05) is 36.0 Å². The smallest absolute Gasteiger partial charge is 0.207 e. The summed E-state index contributed by atoms with van der Waals surface area (Å²) in [5.41, 5.74) is 3.95. The van der Waals surface area contributed by atoms with Crippen molar-refractivity contribution in [1.82, 2.24) is 9.55 Å². The first kappa shape index (κ1) is 21.4. The highest BCUT2D eigenvalue weighted by molar-refractivity contribution is 5.99. The van der Waals surface area contributed by atoms with E-state index in [0.717, 1.165) is 22.6 Å². The molecule has 0 radical (unpaired) electrons. The summed E-state index contributed by atoms with van der Waals surface area (Å²) in [6.45, 7) is 0.485. The SMILES string of the molecule is O=C(c1nccn1-c1ccccc1)[C@@H](CN(c1ccccc1)c1ccccc1)c1ccccc1. The van der Waals surface area contributed by atoms with Crippen molar-refractivity contribution >= 4 is 17.2 Å². The van der Waals surface area contributed by atoms with Crippen LogP contribution in [0.5, 0.6) is 0 Å². The first-order chi connectivity index (χ1) is 16.8. The molecule has 0 bridgehead atoms. The summed E-state index contributed by atoms with van der Waals surface area (Å²) in [4.78, 5) is 20.8. The average molecular weight is 444 g/mol. The Morgan fingerprint density at radius 3 is 1.76 bits per heavy atom. The molecule has 34 heavy (non-hydrogen) atoms. The fourth-order valence-corrected chi connectivity index (χ4v) is 4.22. The van der Waals surface area contributed by atoms with E-state index >= 15 is 0 Å². The average Bonchev–Trinajstić information content (AvgIpc) is 3.41. The molecule has 0 aliphatic rings. The molecule has 4 aromatic carbocycles. The summed E-state index contributed by atoms with van der Waals surface area (Å²) in [5.74, 6) is 0.00418. The summed E-state index contributed by atoms with van der Waals surface area (Å²) in [7, 11) is 0. The molecule has 0 aliphatic carbocycles. The largest absolute Gasteiger partial charge is 0.340 e. The van der Waals surface area contributed by atoms with Gasteiger partial charge in [0.1, 0.15) is 0 Å². The van der Waals surface area contributed by atoms with E-state index in [-0.39, 0.29) is 5.78 Å². The number of aromatic nitrogens is 2. The van der Waals surface area contributed by atoms with E-state index in [9.17, 15) is 4.79 Å². The number of carbonyl (C=O) groups excluding carboxylic acids is 1. The fraction of sp³-hybridized carbons (Fsp3) is 0.0667. The van der Waals surface area contributed by atoms with Gasteiger partial charge in [-0.3, -0.25) is 9.36 Å². The Morgan fingerprint density at radius 2 is 1.21 bits per heavy atom. The van der Waals surface area contributed by atoms with Crippen LogP contribution in [-0.4, -0.2) is 21.9 Å². The van der Waals surface area contributed by atoms with Gasteiger partial charge in [-0.2, -0.15) is 0 Å². The number of hydrogen-bond acceptors (Lipinski definition) is 3. The van der Waals surface area contributed by atoms with Gasteiger partial charge >= 0.3 is 0 Å². The van der Waals surface area contributed by atoms with Crippen molar-refractivity contribution in [3.63, 3.8) is 0 Å². The van der Waals surface area contributed by atoms with Crippen molar-refractivity contribution in [3.05, 3.63) is 145 Å². The maximum absolute atomic E-state index is 14.1. The maximum Gasteiger partial charge on any atom is 0.207 e. The predicted molar refractivity (Wildman–Crippen MR) is 137 cm³/mol. The first-order valence-corrected chi connectivity index (χ1v) is 11.4. The Kier molecular flexibility index (Phi) is 6.30. The molecule has 4 heteroatoms. The number of carbonyl (C=O) groups is 1. The zero-order chi connectivity index (χ0) is 23.2. The zero-order valence-corrected chi connectivity index (χ0v) is 18.7. The lowest BCUT2D eigenvalue weighted by Gasteiger charge is -2.29. The summed E-state index contributed by atoms with van der Waals surface area (Å²) in [6, 6.07) is 40.2. The Hall–Kier alpha value is -4.44. The van der Waals surface area contributed by atoms with Crippen molar-refractivity contribution in [1.29, 1.82) is 0 Å². The van der Waals surface area contributed by atoms with E-state index in [1.807, 2.05) is 108 Å². The molecule has 5 aromatic rings. The summed E-state index contributed by atoms with van der Waals surface area (Å²) in [6.07, 6.45) is 3.53. The molecule has 1 heterocycles. The van der Waals surface area contributed by atoms with Gasteiger partial charge in [0.2, 0.25) is 5.78 Å². The molecule has 0 amide bonds. The molecular formula is C30H25N3O. The number of nitrogens with zero attached hydrogens (tertiary/aromatic N) is 3. The summed E-state index contributed by atoms with van der Waals surface area (Å²) < 4.78 is 1.87. The molecule has 0 aliphatic heterocycles. The van der Waals surface area contributed by atoms with E-state index in [1.54, 1.807) is 6.20 Å². The number of ketones is 1. The number of para-hydroxylation sites is 3. The van der Waals surface area contributed by atoms with Crippen molar-refractivity contribution in [2.75, 3.05) is 11.4 Å². The van der Waals surface area contributed by atoms with Crippen molar-refractivity contribution in [3.8, 4) is 5.69 Å². The van der Waals surface area contributed by atoms with E-state index in [4.69, 9.17) is 0 Å². The standard InChI is InChI=1S/C30H25N3O/c34-29(30-31-21-22-32(30)25-15-7-2-8-16-25)28(24-13-5-1-6-14-24)23-33(26-17-9-3-10-18-26)27-19-11-4-12-20-27/h1-22,28H,23H2/t28-/m0/s1. The lowest BCUT2D eigenvalue weighted by Crippen LogP contribution is -2.30. The minimum Gasteiger partial charge on any atom is -0.340 e. The molecule has 166 valence electrons. The Bertz CT molecular complexity index is 1290. The van der Waals surface area contributed by atoms with Crippen molar-refractivity contribution in [2.24, 2.45) is 0 Å². The molecule has 1 atom stereocenters. The second-order valence-electron chi connectivity index (χ2n) is 8.07. The third kappa shape index (κ3) is 4.52. The summed E-state index contributed by atoms with van der Waals surface area (Å²) in [5, 5.41) is 0. The van der Waals surface area contributed by atoms with Gasteiger partial charge in [0.25, 0.3) is 0 Å². The molecule has 4 nitrogen and oxygen atoms in total. The molecule has 0 spiro atoms. The van der Waals surface area contributed by atoms with E-state index in [0.29, 0.717) is 12.4 Å². The normalized spacial score (nSPS) is 11.6. The summed E-state index contributed by atoms with van der Waals surface area (Å²) >= 11 is 0. The second kappa shape index (κ2) is 10.0. The Labute approximate surface area is 199 Å². The topological polar surface area (TPSA) is 38.1 Å². The number of imidazole rings is 1. The number of benzene rings is 4. The highest BCUT2D eigenvalue weighted by Gasteiger charge is 2.29. The molecule has 0 fully saturated rings. The van der Waals surface area contributed by atoms with E-state index in [2.05, 4.69) is 34.1 Å². The predicted octanol–water partition coefficient (Wildman–Crippen LogP) is 6.68.